The van der Waals surface area contributed by atoms with Gasteiger partial charge in [0.05, 0.1) is 17.7 Å². The number of sulfonamides is 1. The minimum Gasteiger partial charge on any atom is -0.468 e. The molecule has 1 aromatic carbocycles. The molecular weight excluding hydrogens is 366 g/mol. The summed E-state index contributed by atoms with van der Waals surface area (Å²) in [7, 11) is -3.77. The third-order valence-corrected chi connectivity index (χ3v) is 5.38. The van der Waals surface area contributed by atoms with Gasteiger partial charge < -0.3 is 9.73 Å². The molecule has 0 bridgehead atoms. The number of hydrogen-bond donors (Lipinski definition) is 2. The predicted octanol–water partition coefficient (Wildman–Crippen LogP) is 2.39. The van der Waals surface area contributed by atoms with Gasteiger partial charge in [0.15, 0.2) is 0 Å². The largest absolute Gasteiger partial charge is 0.468 e. The molecule has 0 unspecified atom stereocenters. The van der Waals surface area contributed by atoms with Crippen LogP contribution in [-0.2, 0) is 23.1 Å². The summed E-state index contributed by atoms with van der Waals surface area (Å²) in [5.74, 6) is 0.161. The first-order valence-corrected chi connectivity index (χ1v) is 9.74. The van der Waals surface area contributed by atoms with Gasteiger partial charge in [0.1, 0.15) is 5.76 Å². The second-order valence-electron chi connectivity index (χ2n) is 5.92. The molecule has 0 atom stereocenters. The van der Waals surface area contributed by atoms with Gasteiger partial charge in [-0.15, -0.1) is 0 Å². The number of rotatable bonds is 7. The molecule has 0 aliphatic heterocycles. The summed E-state index contributed by atoms with van der Waals surface area (Å²) >= 11 is 0. The van der Waals surface area contributed by atoms with Gasteiger partial charge in [-0.1, -0.05) is 6.07 Å². The molecule has 7 nitrogen and oxygen atoms in total. The van der Waals surface area contributed by atoms with Crippen molar-refractivity contribution in [2.75, 3.05) is 0 Å². The van der Waals surface area contributed by atoms with Crippen LogP contribution in [0.1, 0.15) is 27.2 Å². The molecule has 3 rings (SSSR count). The summed E-state index contributed by atoms with van der Waals surface area (Å²) in [6.45, 7) is 2.12. The third kappa shape index (κ3) is 4.81. The maximum Gasteiger partial charge on any atom is 0.251 e. The lowest BCUT2D eigenvalue weighted by Gasteiger charge is -2.11. The standard InChI is InChI=1S/C19H19N3O4S/c1-14-4-5-17(27(24,25)22-13-16-3-2-10-26-16)11-18(14)19(23)21-12-15-6-8-20-9-7-15/h2-11,22H,12-13H2,1H3,(H,21,23). The third-order valence-electron chi connectivity index (χ3n) is 3.98. The van der Waals surface area contributed by atoms with E-state index < -0.39 is 10.0 Å². The SMILES string of the molecule is Cc1ccc(S(=O)(=O)NCc2ccco2)cc1C(=O)NCc1ccncc1. The lowest BCUT2D eigenvalue weighted by atomic mass is 10.1. The van der Waals surface area contributed by atoms with E-state index in [4.69, 9.17) is 4.42 Å². The van der Waals surface area contributed by atoms with Crippen LogP contribution in [0.3, 0.4) is 0 Å². The predicted molar refractivity (Wildman–Crippen MR) is 99.3 cm³/mol. The van der Waals surface area contributed by atoms with Crippen molar-refractivity contribution >= 4 is 15.9 Å². The number of pyridine rings is 1. The average Bonchev–Trinajstić information content (AvgIpc) is 3.19. The zero-order valence-electron chi connectivity index (χ0n) is 14.7. The van der Waals surface area contributed by atoms with Crippen molar-refractivity contribution in [3.05, 3.63) is 83.6 Å². The number of furan rings is 1. The lowest BCUT2D eigenvalue weighted by Crippen LogP contribution is -2.26. The van der Waals surface area contributed by atoms with Crippen LogP contribution in [0.5, 0.6) is 0 Å². The number of nitrogens with one attached hydrogen (secondary N) is 2. The highest BCUT2D eigenvalue weighted by molar-refractivity contribution is 7.89. The van der Waals surface area contributed by atoms with Crippen molar-refractivity contribution < 1.29 is 17.6 Å². The van der Waals surface area contributed by atoms with E-state index in [0.29, 0.717) is 23.4 Å². The molecule has 2 aromatic heterocycles. The maximum absolute atomic E-state index is 12.5. The van der Waals surface area contributed by atoms with E-state index in [0.717, 1.165) is 5.56 Å². The van der Waals surface area contributed by atoms with Gasteiger partial charge in [-0.2, -0.15) is 0 Å². The van der Waals surface area contributed by atoms with E-state index >= 15 is 0 Å². The first-order chi connectivity index (χ1) is 13.0. The monoisotopic (exact) mass is 385 g/mol. The van der Waals surface area contributed by atoms with Crippen LogP contribution in [-0.4, -0.2) is 19.3 Å². The number of aromatic nitrogens is 1. The molecule has 27 heavy (non-hydrogen) atoms. The van der Waals surface area contributed by atoms with Gasteiger partial charge in [-0.25, -0.2) is 13.1 Å². The topological polar surface area (TPSA) is 101 Å². The van der Waals surface area contributed by atoms with Crippen LogP contribution >= 0.6 is 0 Å². The summed E-state index contributed by atoms with van der Waals surface area (Å²) in [5.41, 5.74) is 1.90. The van der Waals surface area contributed by atoms with Crippen LogP contribution in [0.25, 0.3) is 0 Å². The second kappa shape index (κ2) is 8.15. The van der Waals surface area contributed by atoms with E-state index in [-0.39, 0.29) is 17.3 Å². The summed E-state index contributed by atoms with van der Waals surface area (Å²) in [5, 5.41) is 2.79. The molecule has 0 spiro atoms. The van der Waals surface area contributed by atoms with Gasteiger partial charge in [-0.3, -0.25) is 9.78 Å². The van der Waals surface area contributed by atoms with E-state index in [1.54, 1.807) is 49.6 Å². The molecule has 0 aliphatic rings. The number of aryl methyl sites for hydroxylation is 1. The Hall–Kier alpha value is -2.97. The van der Waals surface area contributed by atoms with Crippen LogP contribution in [0.4, 0.5) is 0 Å². The van der Waals surface area contributed by atoms with E-state index in [9.17, 15) is 13.2 Å². The van der Waals surface area contributed by atoms with Crippen molar-refractivity contribution in [3.63, 3.8) is 0 Å². The van der Waals surface area contributed by atoms with E-state index in [1.807, 2.05) is 0 Å². The van der Waals surface area contributed by atoms with E-state index in [1.165, 1.54) is 18.4 Å². The van der Waals surface area contributed by atoms with Crippen LogP contribution in [0.15, 0.2) is 70.4 Å². The minimum atomic E-state index is -3.77. The zero-order valence-corrected chi connectivity index (χ0v) is 15.5. The average molecular weight is 385 g/mol. The Morgan fingerprint density at radius 3 is 2.59 bits per heavy atom. The Bertz CT molecular complexity index is 1020. The fourth-order valence-corrected chi connectivity index (χ4v) is 3.47. The Morgan fingerprint density at radius 1 is 1.11 bits per heavy atom. The number of amides is 1. The summed E-state index contributed by atoms with van der Waals surface area (Å²) in [6, 6.07) is 11.4. The molecule has 140 valence electrons. The van der Waals surface area contributed by atoms with Crippen LogP contribution in [0, 0.1) is 6.92 Å². The maximum atomic E-state index is 12.5. The van der Waals surface area contributed by atoms with Crippen LogP contribution in [0.2, 0.25) is 0 Å². The summed E-state index contributed by atoms with van der Waals surface area (Å²) in [4.78, 5) is 16.5. The molecule has 0 saturated carbocycles. The smallest absolute Gasteiger partial charge is 0.251 e. The highest BCUT2D eigenvalue weighted by Gasteiger charge is 2.18. The number of hydrogen-bond acceptors (Lipinski definition) is 5. The Kier molecular flexibility index (Phi) is 5.68. The zero-order chi connectivity index (χ0) is 19.3. The fraction of sp³-hybridized carbons (Fsp3) is 0.158. The second-order valence-corrected chi connectivity index (χ2v) is 7.69. The van der Waals surface area contributed by atoms with Crippen molar-refractivity contribution in [2.24, 2.45) is 0 Å². The van der Waals surface area contributed by atoms with Gasteiger partial charge >= 0.3 is 0 Å². The molecule has 0 saturated heterocycles. The lowest BCUT2D eigenvalue weighted by molar-refractivity contribution is 0.0950. The number of carbonyl (C=O) groups excluding carboxylic acids is 1. The van der Waals surface area contributed by atoms with Gasteiger partial charge in [0, 0.05) is 24.5 Å². The molecule has 0 radical (unpaired) electrons. The Labute approximate surface area is 157 Å². The van der Waals surface area contributed by atoms with E-state index in [2.05, 4.69) is 15.0 Å². The fourth-order valence-electron chi connectivity index (χ4n) is 2.45. The molecule has 2 N–H and O–H groups in total. The van der Waals surface area contributed by atoms with Crippen molar-refractivity contribution in [1.82, 2.24) is 15.0 Å². The van der Waals surface area contributed by atoms with Crippen molar-refractivity contribution in [3.8, 4) is 0 Å². The normalized spacial score (nSPS) is 11.3. The van der Waals surface area contributed by atoms with Crippen molar-refractivity contribution in [2.45, 2.75) is 24.9 Å². The van der Waals surface area contributed by atoms with Crippen molar-refractivity contribution in [1.29, 1.82) is 0 Å². The Morgan fingerprint density at radius 2 is 1.89 bits per heavy atom. The minimum absolute atomic E-state index is 0.0220. The summed E-state index contributed by atoms with van der Waals surface area (Å²) in [6.07, 6.45) is 4.76. The van der Waals surface area contributed by atoms with Crippen LogP contribution < -0.4 is 10.0 Å². The number of carbonyl (C=O) groups is 1. The molecule has 3 aromatic rings. The van der Waals surface area contributed by atoms with Gasteiger partial charge in [-0.05, 0) is 54.4 Å². The summed E-state index contributed by atoms with van der Waals surface area (Å²) < 4.78 is 32.6. The molecular formula is C19H19N3O4S. The molecule has 0 aliphatic carbocycles. The molecule has 1 amide bonds. The molecule has 8 heteroatoms. The first-order valence-electron chi connectivity index (χ1n) is 8.25. The Balaban J connectivity index is 1.73. The number of benzene rings is 1. The number of nitrogens with zero attached hydrogens (tertiary/aromatic N) is 1. The molecule has 0 fully saturated rings. The quantitative estimate of drug-likeness (QED) is 0.650. The first kappa shape index (κ1) is 18.8. The highest BCUT2D eigenvalue weighted by atomic mass is 32.2. The molecule has 2 heterocycles. The van der Waals surface area contributed by atoms with Gasteiger partial charge in [0.2, 0.25) is 10.0 Å². The van der Waals surface area contributed by atoms with Gasteiger partial charge in [0.25, 0.3) is 5.91 Å². The highest BCUT2D eigenvalue weighted by Crippen LogP contribution is 2.16.